The van der Waals surface area contributed by atoms with Gasteiger partial charge in [0.1, 0.15) is 5.82 Å². The van der Waals surface area contributed by atoms with E-state index in [9.17, 15) is 13.6 Å². The van der Waals surface area contributed by atoms with Crippen LogP contribution >= 0.6 is 0 Å². The number of carbonyl (C=O) groups is 1. The summed E-state index contributed by atoms with van der Waals surface area (Å²) in [6, 6.07) is 20.4. The van der Waals surface area contributed by atoms with Crippen molar-refractivity contribution in [3.05, 3.63) is 90.1 Å². The van der Waals surface area contributed by atoms with Crippen LogP contribution in [0.3, 0.4) is 0 Å². The minimum atomic E-state index is -2.92. The molecule has 0 radical (unpaired) electrons. The molecule has 2 amide bonds. The quantitative estimate of drug-likeness (QED) is 0.240. The van der Waals surface area contributed by atoms with E-state index in [1.54, 1.807) is 24.3 Å². The third-order valence-corrected chi connectivity index (χ3v) is 7.30. The summed E-state index contributed by atoms with van der Waals surface area (Å²) >= 11 is 0. The molecule has 0 atom stereocenters. The Labute approximate surface area is 244 Å². The number of anilines is 2. The number of rotatable bonds is 9. The number of piperazine rings is 1. The Morgan fingerprint density at radius 1 is 0.977 bits per heavy atom. The molecular formula is C30H28F3N7O3. The summed E-state index contributed by atoms with van der Waals surface area (Å²) in [4.78, 5) is 19.2. The highest BCUT2D eigenvalue weighted by atomic mass is 19.3. The van der Waals surface area contributed by atoms with Crippen molar-refractivity contribution in [1.82, 2.24) is 25.6 Å². The van der Waals surface area contributed by atoms with Gasteiger partial charge in [-0.25, -0.2) is 9.18 Å². The van der Waals surface area contributed by atoms with Crippen LogP contribution in [0.4, 0.5) is 29.5 Å². The molecule has 0 spiro atoms. The third kappa shape index (κ3) is 6.31. The molecular weight excluding hydrogens is 563 g/mol. The number of benzene rings is 3. The molecule has 0 unspecified atom stereocenters. The standard InChI is InChI=1S/C30H28F3N7O3/c31-24-18-20(28-35-36-29(42-28)26(32)33)10-11-21(24)19-40(22-6-2-1-3-7-22)30(41)34-12-13-38-14-16-39(17-15-38)27-23-8-4-5-9-25(23)43-37-27/h1-11,18,26H,12-17,19H2,(H,34,41). The van der Waals surface area contributed by atoms with Gasteiger partial charge < -0.3 is 19.2 Å². The molecule has 1 aliphatic rings. The summed E-state index contributed by atoms with van der Waals surface area (Å²) in [6.07, 6.45) is -2.92. The maximum atomic E-state index is 15.1. The van der Waals surface area contributed by atoms with Crippen molar-refractivity contribution in [1.29, 1.82) is 0 Å². The summed E-state index contributed by atoms with van der Waals surface area (Å²) in [6.45, 7) is 4.16. The average molecular weight is 592 g/mol. The Hall–Kier alpha value is -4.91. The highest BCUT2D eigenvalue weighted by molar-refractivity contribution is 5.92. The number of carbonyl (C=O) groups excluding carboxylic acids is 1. The lowest BCUT2D eigenvalue weighted by Crippen LogP contribution is -2.49. The van der Waals surface area contributed by atoms with Crippen molar-refractivity contribution in [2.45, 2.75) is 13.0 Å². The number of aromatic nitrogens is 3. The van der Waals surface area contributed by atoms with Gasteiger partial charge >= 0.3 is 12.5 Å². The number of nitrogens with zero attached hydrogens (tertiary/aromatic N) is 6. The first-order chi connectivity index (χ1) is 21.0. The summed E-state index contributed by atoms with van der Waals surface area (Å²) in [5.74, 6) is -0.844. The molecule has 1 saturated heterocycles. The van der Waals surface area contributed by atoms with Gasteiger partial charge in [0.15, 0.2) is 11.4 Å². The fraction of sp³-hybridized carbons (Fsp3) is 0.267. The Kier molecular flexibility index (Phi) is 8.22. The highest BCUT2D eigenvalue weighted by Crippen LogP contribution is 2.28. The number of fused-ring (bicyclic) bond motifs is 1. The SMILES string of the molecule is O=C(NCCN1CCN(c2noc3ccccc23)CC1)N(Cc1ccc(-c2nnc(C(F)F)o2)cc1F)c1ccccc1. The van der Waals surface area contributed by atoms with E-state index >= 15 is 4.39 Å². The van der Waals surface area contributed by atoms with E-state index in [0.29, 0.717) is 18.8 Å². The summed E-state index contributed by atoms with van der Waals surface area (Å²) in [7, 11) is 0. The molecule has 1 N–H and O–H groups in total. The predicted octanol–water partition coefficient (Wildman–Crippen LogP) is 5.49. The molecule has 43 heavy (non-hydrogen) atoms. The molecule has 222 valence electrons. The maximum absolute atomic E-state index is 15.1. The van der Waals surface area contributed by atoms with Crippen LogP contribution in [-0.4, -0.2) is 65.6 Å². The lowest BCUT2D eigenvalue weighted by molar-refractivity contribution is 0.116. The molecule has 10 nitrogen and oxygen atoms in total. The maximum Gasteiger partial charge on any atom is 0.322 e. The first-order valence-corrected chi connectivity index (χ1v) is 13.8. The van der Waals surface area contributed by atoms with E-state index in [4.69, 9.17) is 8.94 Å². The minimum absolute atomic E-state index is 0.0571. The molecule has 3 aromatic carbocycles. The molecule has 13 heteroatoms. The largest absolute Gasteiger partial charge is 0.415 e. The van der Waals surface area contributed by atoms with Crippen LogP contribution in [-0.2, 0) is 6.54 Å². The van der Waals surface area contributed by atoms with Crippen molar-refractivity contribution in [3.8, 4) is 11.5 Å². The molecule has 1 aliphatic heterocycles. The van der Waals surface area contributed by atoms with Crippen LogP contribution in [0, 0.1) is 5.82 Å². The lowest BCUT2D eigenvalue weighted by Gasteiger charge is -2.34. The van der Waals surface area contributed by atoms with Gasteiger partial charge in [-0.1, -0.05) is 41.6 Å². The van der Waals surface area contributed by atoms with Crippen molar-refractivity contribution < 1.29 is 26.9 Å². The number of hydrogen-bond acceptors (Lipinski definition) is 8. The Morgan fingerprint density at radius 2 is 1.74 bits per heavy atom. The number of halogens is 3. The van der Waals surface area contributed by atoms with E-state index < -0.39 is 18.1 Å². The molecule has 3 heterocycles. The smallest absolute Gasteiger partial charge is 0.322 e. The van der Waals surface area contributed by atoms with E-state index in [2.05, 4.69) is 30.5 Å². The fourth-order valence-corrected chi connectivity index (χ4v) is 5.01. The number of hydrogen-bond donors (Lipinski definition) is 1. The summed E-state index contributed by atoms with van der Waals surface area (Å²) < 4.78 is 51.1. The molecule has 5 aromatic rings. The van der Waals surface area contributed by atoms with Crippen molar-refractivity contribution in [2.24, 2.45) is 0 Å². The zero-order valence-corrected chi connectivity index (χ0v) is 23.0. The third-order valence-electron chi connectivity index (χ3n) is 7.30. The Morgan fingerprint density at radius 3 is 2.49 bits per heavy atom. The second-order valence-corrected chi connectivity index (χ2v) is 10.0. The van der Waals surface area contributed by atoms with Gasteiger partial charge in [0, 0.05) is 56.1 Å². The van der Waals surface area contributed by atoms with E-state index in [0.717, 1.165) is 49.0 Å². The molecule has 0 aliphatic carbocycles. The van der Waals surface area contributed by atoms with E-state index in [-0.39, 0.29) is 29.6 Å². The number of urea groups is 1. The molecule has 6 rings (SSSR count). The highest BCUT2D eigenvalue weighted by Gasteiger charge is 2.23. The fourth-order valence-electron chi connectivity index (χ4n) is 5.01. The van der Waals surface area contributed by atoms with Gasteiger partial charge in [0.2, 0.25) is 5.89 Å². The van der Waals surface area contributed by atoms with Crippen molar-refractivity contribution in [3.63, 3.8) is 0 Å². The Balaban J connectivity index is 1.06. The zero-order valence-electron chi connectivity index (χ0n) is 23.0. The summed E-state index contributed by atoms with van der Waals surface area (Å²) in [5.41, 5.74) is 1.74. The van der Waals surface area contributed by atoms with Gasteiger partial charge in [-0.15, -0.1) is 10.2 Å². The van der Waals surface area contributed by atoms with Crippen LogP contribution in [0.15, 0.2) is 81.7 Å². The number of alkyl halides is 2. The summed E-state index contributed by atoms with van der Waals surface area (Å²) in [5, 5.41) is 15.0. The van der Waals surface area contributed by atoms with Gasteiger partial charge in [-0.2, -0.15) is 8.78 Å². The zero-order chi connectivity index (χ0) is 29.8. The normalized spacial score (nSPS) is 14.0. The van der Waals surface area contributed by atoms with Gasteiger partial charge in [0.25, 0.3) is 5.89 Å². The first-order valence-electron chi connectivity index (χ1n) is 13.8. The second kappa shape index (κ2) is 12.5. The van der Waals surface area contributed by atoms with Crippen LogP contribution in [0.5, 0.6) is 0 Å². The molecule has 0 bridgehead atoms. The van der Waals surface area contributed by atoms with Gasteiger partial charge in [-0.05, 0) is 36.4 Å². The number of amides is 2. The van der Waals surface area contributed by atoms with E-state index in [1.165, 1.54) is 17.0 Å². The first kappa shape index (κ1) is 28.2. The average Bonchev–Trinajstić information content (AvgIpc) is 3.70. The number of nitrogens with one attached hydrogen (secondary N) is 1. The van der Waals surface area contributed by atoms with Crippen LogP contribution in [0.1, 0.15) is 17.9 Å². The minimum Gasteiger partial charge on any atom is -0.415 e. The van der Waals surface area contributed by atoms with Crippen LogP contribution < -0.4 is 15.1 Å². The lowest BCUT2D eigenvalue weighted by atomic mass is 10.1. The number of para-hydroxylation sites is 2. The molecule has 0 saturated carbocycles. The van der Waals surface area contributed by atoms with Gasteiger partial charge in [-0.3, -0.25) is 9.80 Å². The molecule has 2 aromatic heterocycles. The second-order valence-electron chi connectivity index (χ2n) is 10.0. The van der Waals surface area contributed by atoms with Crippen molar-refractivity contribution >= 4 is 28.5 Å². The predicted molar refractivity (Wildman–Crippen MR) is 153 cm³/mol. The van der Waals surface area contributed by atoms with Crippen LogP contribution in [0.2, 0.25) is 0 Å². The Bertz CT molecular complexity index is 1690. The monoisotopic (exact) mass is 591 g/mol. The van der Waals surface area contributed by atoms with Gasteiger partial charge in [0.05, 0.1) is 11.9 Å². The van der Waals surface area contributed by atoms with Crippen LogP contribution in [0.25, 0.3) is 22.4 Å². The van der Waals surface area contributed by atoms with E-state index in [1.807, 2.05) is 30.3 Å². The molecule has 1 fully saturated rings. The van der Waals surface area contributed by atoms with Crippen molar-refractivity contribution in [2.75, 3.05) is 49.1 Å². The topological polar surface area (TPSA) is 104 Å².